The smallest absolute Gasteiger partial charge is 0.266 e. The number of carbonyl (C=O) groups excluding carboxylic acids is 2. The lowest BCUT2D eigenvalue weighted by molar-refractivity contribution is -0.122. The highest BCUT2D eigenvalue weighted by Crippen LogP contribution is 2.36. The van der Waals surface area contributed by atoms with Crippen LogP contribution >= 0.6 is 24.0 Å². The SMILES string of the molecule is CCOc1ccc(C(=O)NCCN2C(=O)/C(=C/c3ccc4c(c3)OCO4)SC2=S)cc1. The van der Waals surface area contributed by atoms with E-state index in [2.05, 4.69) is 5.32 Å². The van der Waals surface area contributed by atoms with Crippen LogP contribution in [0.4, 0.5) is 0 Å². The summed E-state index contributed by atoms with van der Waals surface area (Å²) in [6, 6.07) is 12.4. The Morgan fingerprint density at radius 3 is 2.77 bits per heavy atom. The molecule has 4 rings (SSSR count). The van der Waals surface area contributed by atoms with E-state index >= 15 is 0 Å². The first kappa shape index (κ1) is 21.2. The maximum atomic E-state index is 12.8. The second kappa shape index (κ2) is 9.40. The number of nitrogens with one attached hydrogen (secondary N) is 1. The zero-order chi connectivity index (χ0) is 21.8. The minimum atomic E-state index is -0.218. The molecule has 0 aliphatic carbocycles. The topological polar surface area (TPSA) is 77.1 Å². The van der Waals surface area contributed by atoms with E-state index in [-0.39, 0.29) is 25.2 Å². The fraction of sp³-hybridized carbons (Fsp3) is 0.227. The summed E-state index contributed by atoms with van der Waals surface area (Å²) in [5.41, 5.74) is 1.35. The Bertz CT molecular complexity index is 1050. The molecule has 0 aromatic heterocycles. The molecule has 9 heteroatoms. The molecule has 2 amide bonds. The van der Waals surface area contributed by atoms with Crippen LogP contribution in [0, 0.1) is 0 Å². The van der Waals surface area contributed by atoms with Gasteiger partial charge in [-0.2, -0.15) is 0 Å². The Balaban J connectivity index is 1.33. The number of carbonyl (C=O) groups is 2. The van der Waals surface area contributed by atoms with E-state index in [1.165, 1.54) is 16.7 Å². The first-order chi connectivity index (χ1) is 15.0. The van der Waals surface area contributed by atoms with Crippen LogP contribution < -0.4 is 19.5 Å². The van der Waals surface area contributed by atoms with Gasteiger partial charge in [0, 0.05) is 18.7 Å². The van der Waals surface area contributed by atoms with E-state index in [4.69, 9.17) is 26.4 Å². The van der Waals surface area contributed by atoms with Gasteiger partial charge in [-0.15, -0.1) is 0 Å². The maximum Gasteiger partial charge on any atom is 0.266 e. The molecule has 2 aliphatic rings. The standard InChI is InChI=1S/C22H20N2O5S2/c1-2-27-16-6-4-15(5-7-16)20(25)23-9-10-24-21(26)19(31-22(24)30)12-14-3-8-17-18(11-14)29-13-28-17/h3-8,11-12H,2,9-10,13H2,1H3,(H,23,25)/b19-12-. The lowest BCUT2D eigenvalue weighted by atomic mass is 10.2. The molecule has 2 aliphatic heterocycles. The normalized spacial score (nSPS) is 16.2. The largest absolute Gasteiger partial charge is 0.494 e. The van der Waals surface area contributed by atoms with Crippen LogP contribution in [0.2, 0.25) is 0 Å². The van der Waals surface area contributed by atoms with Crippen LogP contribution in [0.1, 0.15) is 22.8 Å². The number of nitrogens with zero attached hydrogens (tertiary/aromatic N) is 1. The summed E-state index contributed by atoms with van der Waals surface area (Å²) >= 11 is 6.60. The first-order valence-electron chi connectivity index (χ1n) is 9.71. The molecule has 0 saturated carbocycles. The minimum absolute atomic E-state index is 0.178. The third-order valence-corrected chi connectivity index (χ3v) is 5.99. The number of ether oxygens (including phenoxy) is 3. The fourth-order valence-electron chi connectivity index (χ4n) is 3.10. The van der Waals surface area contributed by atoms with E-state index in [1.807, 2.05) is 25.1 Å². The highest BCUT2D eigenvalue weighted by Gasteiger charge is 2.31. The van der Waals surface area contributed by atoms with E-state index in [1.54, 1.807) is 30.3 Å². The number of thioether (sulfide) groups is 1. The second-order valence-corrected chi connectivity index (χ2v) is 8.34. The number of hydrogen-bond acceptors (Lipinski definition) is 7. The van der Waals surface area contributed by atoms with Gasteiger partial charge in [0.25, 0.3) is 11.8 Å². The monoisotopic (exact) mass is 456 g/mol. The lowest BCUT2D eigenvalue weighted by Gasteiger charge is -2.15. The Kier molecular flexibility index (Phi) is 6.43. The molecule has 31 heavy (non-hydrogen) atoms. The molecule has 0 radical (unpaired) electrons. The fourth-order valence-corrected chi connectivity index (χ4v) is 4.41. The Morgan fingerprint density at radius 2 is 2.00 bits per heavy atom. The van der Waals surface area contributed by atoms with Crippen LogP contribution in [-0.2, 0) is 4.79 Å². The van der Waals surface area contributed by atoms with Gasteiger partial charge in [-0.3, -0.25) is 14.5 Å². The molecule has 2 aromatic rings. The van der Waals surface area contributed by atoms with Crippen molar-refractivity contribution in [3.63, 3.8) is 0 Å². The van der Waals surface area contributed by atoms with Crippen molar-refractivity contribution < 1.29 is 23.8 Å². The second-order valence-electron chi connectivity index (χ2n) is 6.66. The van der Waals surface area contributed by atoms with Gasteiger partial charge in [-0.1, -0.05) is 30.0 Å². The number of hydrogen-bond donors (Lipinski definition) is 1. The summed E-state index contributed by atoms with van der Waals surface area (Å²) in [4.78, 5) is 27.1. The van der Waals surface area contributed by atoms with Crippen molar-refractivity contribution in [2.75, 3.05) is 26.5 Å². The quantitative estimate of drug-likeness (QED) is 0.505. The average molecular weight is 457 g/mol. The van der Waals surface area contributed by atoms with Gasteiger partial charge in [0.15, 0.2) is 11.5 Å². The maximum absolute atomic E-state index is 12.8. The van der Waals surface area contributed by atoms with Crippen molar-refractivity contribution in [1.82, 2.24) is 10.2 Å². The highest BCUT2D eigenvalue weighted by atomic mass is 32.2. The molecule has 1 fully saturated rings. The summed E-state index contributed by atoms with van der Waals surface area (Å²) in [5.74, 6) is 1.66. The molecule has 160 valence electrons. The van der Waals surface area contributed by atoms with Gasteiger partial charge >= 0.3 is 0 Å². The van der Waals surface area contributed by atoms with Gasteiger partial charge in [0.05, 0.1) is 11.5 Å². The zero-order valence-electron chi connectivity index (χ0n) is 16.8. The van der Waals surface area contributed by atoms with Crippen molar-refractivity contribution in [2.45, 2.75) is 6.92 Å². The molecule has 0 unspecified atom stereocenters. The van der Waals surface area contributed by atoms with E-state index in [0.717, 1.165) is 5.56 Å². The number of benzene rings is 2. The van der Waals surface area contributed by atoms with Crippen LogP contribution in [0.15, 0.2) is 47.4 Å². The minimum Gasteiger partial charge on any atom is -0.494 e. The summed E-state index contributed by atoms with van der Waals surface area (Å²) in [6.45, 7) is 3.25. The average Bonchev–Trinajstić information content (AvgIpc) is 3.33. The van der Waals surface area contributed by atoms with Crippen molar-refractivity contribution in [3.05, 3.63) is 58.5 Å². The molecule has 2 heterocycles. The lowest BCUT2D eigenvalue weighted by Crippen LogP contribution is -2.37. The molecule has 0 atom stereocenters. The molecule has 0 spiro atoms. The molecule has 1 N–H and O–H groups in total. The van der Waals surface area contributed by atoms with Crippen LogP contribution in [-0.4, -0.2) is 47.5 Å². The van der Waals surface area contributed by atoms with Gasteiger partial charge in [-0.05, 0) is 55.0 Å². The first-order valence-corrected chi connectivity index (χ1v) is 10.9. The van der Waals surface area contributed by atoms with Gasteiger partial charge < -0.3 is 19.5 Å². The molecule has 2 aromatic carbocycles. The summed E-state index contributed by atoms with van der Waals surface area (Å²) in [5, 5.41) is 2.82. The van der Waals surface area contributed by atoms with Crippen LogP contribution in [0.3, 0.4) is 0 Å². The van der Waals surface area contributed by atoms with Crippen molar-refractivity contribution >= 4 is 46.2 Å². The predicted molar refractivity (Wildman–Crippen MR) is 122 cm³/mol. The van der Waals surface area contributed by atoms with E-state index in [0.29, 0.717) is 45.2 Å². The molecular weight excluding hydrogens is 436 g/mol. The van der Waals surface area contributed by atoms with Crippen molar-refractivity contribution in [1.29, 1.82) is 0 Å². The number of amides is 2. The van der Waals surface area contributed by atoms with Gasteiger partial charge in [0.1, 0.15) is 10.1 Å². The van der Waals surface area contributed by atoms with Crippen molar-refractivity contribution in [2.24, 2.45) is 0 Å². The molecule has 7 nitrogen and oxygen atoms in total. The van der Waals surface area contributed by atoms with E-state index < -0.39 is 0 Å². The zero-order valence-corrected chi connectivity index (χ0v) is 18.4. The number of rotatable bonds is 7. The Morgan fingerprint density at radius 1 is 1.23 bits per heavy atom. The van der Waals surface area contributed by atoms with Crippen molar-refractivity contribution in [3.8, 4) is 17.2 Å². The Labute approximate surface area is 189 Å². The predicted octanol–water partition coefficient (Wildman–Crippen LogP) is 3.45. The number of thiocarbonyl (C=S) groups is 1. The van der Waals surface area contributed by atoms with Gasteiger partial charge in [0.2, 0.25) is 6.79 Å². The third-order valence-electron chi connectivity index (χ3n) is 4.62. The van der Waals surface area contributed by atoms with Gasteiger partial charge in [-0.25, -0.2) is 0 Å². The molecule has 1 saturated heterocycles. The summed E-state index contributed by atoms with van der Waals surface area (Å²) in [6.07, 6.45) is 1.78. The third kappa shape index (κ3) is 4.83. The summed E-state index contributed by atoms with van der Waals surface area (Å²) in [7, 11) is 0. The Hall–Kier alpha value is -3.04. The summed E-state index contributed by atoms with van der Waals surface area (Å²) < 4.78 is 16.5. The number of fused-ring (bicyclic) bond motifs is 1. The molecular formula is C22H20N2O5S2. The van der Waals surface area contributed by atoms with E-state index in [9.17, 15) is 9.59 Å². The van der Waals surface area contributed by atoms with Crippen LogP contribution in [0.25, 0.3) is 6.08 Å². The molecule has 0 bridgehead atoms. The highest BCUT2D eigenvalue weighted by molar-refractivity contribution is 8.26. The van der Waals surface area contributed by atoms with Crippen LogP contribution in [0.5, 0.6) is 17.2 Å².